The lowest BCUT2D eigenvalue weighted by molar-refractivity contribution is 0.442. The van der Waals surface area contributed by atoms with Crippen molar-refractivity contribution in [1.82, 2.24) is 24.3 Å². The van der Waals surface area contributed by atoms with Crippen molar-refractivity contribution < 1.29 is 4.74 Å². The number of hydrogen-bond donors (Lipinski definition) is 0. The molecule has 0 fully saturated rings. The van der Waals surface area contributed by atoms with Gasteiger partial charge < -0.3 is 4.74 Å². The fraction of sp³-hybridized carbons (Fsp3) is 0. The summed E-state index contributed by atoms with van der Waals surface area (Å²) in [6.07, 6.45) is 10.7. The Hall–Kier alpha value is -3.28. The molecule has 0 radical (unpaired) electrons. The largest absolute Gasteiger partial charge is 0.424 e. The van der Waals surface area contributed by atoms with Crippen LogP contribution in [-0.4, -0.2) is 24.3 Å². The number of aromatic nitrogens is 5. The summed E-state index contributed by atoms with van der Waals surface area (Å²) >= 11 is 0. The van der Waals surface area contributed by atoms with Gasteiger partial charge in [0.05, 0.1) is 0 Å². The van der Waals surface area contributed by atoms with Gasteiger partial charge in [-0.3, -0.25) is 4.40 Å². The zero-order valence-corrected chi connectivity index (χ0v) is 11.5. The van der Waals surface area contributed by atoms with Gasteiger partial charge >= 0.3 is 6.01 Å². The molecule has 0 aliphatic heterocycles. The maximum atomic E-state index is 5.57. The molecular formula is C16H11N5O. The number of fused-ring (bicyclic) bond motifs is 1. The highest BCUT2D eigenvalue weighted by Gasteiger charge is 2.04. The Bertz CT molecular complexity index is 903. The highest BCUT2D eigenvalue weighted by Crippen LogP contribution is 2.20. The molecule has 6 nitrogen and oxygen atoms in total. The minimum Gasteiger partial charge on any atom is -0.424 e. The second-order valence-electron chi connectivity index (χ2n) is 4.65. The molecule has 106 valence electrons. The molecule has 6 heteroatoms. The summed E-state index contributed by atoms with van der Waals surface area (Å²) in [4.78, 5) is 16.9. The molecular weight excluding hydrogens is 278 g/mol. The van der Waals surface area contributed by atoms with Gasteiger partial charge in [-0.1, -0.05) is 18.2 Å². The number of rotatable bonds is 3. The van der Waals surface area contributed by atoms with Crippen molar-refractivity contribution in [2.45, 2.75) is 0 Å². The second-order valence-corrected chi connectivity index (χ2v) is 4.65. The van der Waals surface area contributed by atoms with E-state index in [2.05, 4.69) is 19.9 Å². The zero-order chi connectivity index (χ0) is 14.8. The molecule has 0 aliphatic carbocycles. The lowest BCUT2D eigenvalue weighted by Crippen LogP contribution is -1.93. The average molecular weight is 289 g/mol. The van der Waals surface area contributed by atoms with Crippen molar-refractivity contribution in [2.24, 2.45) is 0 Å². The van der Waals surface area contributed by atoms with Gasteiger partial charge in [0.2, 0.25) is 5.78 Å². The molecule has 0 spiro atoms. The van der Waals surface area contributed by atoms with Crippen LogP contribution in [-0.2, 0) is 0 Å². The molecule has 0 unspecified atom stereocenters. The van der Waals surface area contributed by atoms with Crippen molar-refractivity contribution in [3.63, 3.8) is 0 Å². The fourth-order valence-corrected chi connectivity index (χ4v) is 2.08. The van der Waals surface area contributed by atoms with E-state index in [9.17, 15) is 0 Å². The molecule has 4 aromatic rings. The van der Waals surface area contributed by atoms with Crippen LogP contribution in [0, 0.1) is 0 Å². The molecule has 0 saturated carbocycles. The third-order valence-corrected chi connectivity index (χ3v) is 3.16. The van der Waals surface area contributed by atoms with E-state index in [4.69, 9.17) is 4.74 Å². The Morgan fingerprint density at radius 3 is 2.41 bits per heavy atom. The fourth-order valence-electron chi connectivity index (χ4n) is 2.08. The number of ether oxygens (including phenoxy) is 1. The molecule has 0 atom stereocenters. The summed E-state index contributed by atoms with van der Waals surface area (Å²) in [5.74, 6) is 1.37. The van der Waals surface area contributed by atoms with Crippen molar-refractivity contribution in [3.05, 3.63) is 67.5 Å². The van der Waals surface area contributed by atoms with Gasteiger partial charge in [0.1, 0.15) is 5.75 Å². The summed E-state index contributed by atoms with van der Waals surface area (Å²) in [5.41, 5.74) is 1.78. The quantitative estimate of drug-likeness (QED) is 0.580. The van der Waals surface area contributed by atoms with Crippen LogP contribution in [0.3, 0.4) is 0 Å². The van der Waals surface area contributed by atoms with Gasteiger partial charge in [-0.25, -0.2) is 19.9 Å². The summed E-state index contributed by atoms with van der Waals surface area (Å²) in [6, 6.07) is 9.75. The highest BCUT2D eigenvalue weighted by atomic mass is 16.5. The Balaban J connectivity index is 1.61. The van der Waals surface area contributed by atoms with Crippen LogP contribution in [0.2, 0.25) is 0 Å². The molecule has 3 heterocycles. The van der Waals surface area contributed by atoms with E-state index in [0.717, 1.165) is 11.1 Å². The molecule has 4 rings (SSSR count). The first-order valence-corrected chi connectivity index (χ1v) is 6.72. The minimum atomic E-state index is 0.312. The molecule has 0 saturated heterocycles. The maximum absolute atomic E-state index is 5.57. The standard InChI is InChI=1S/C16H11N5O/c1-2-4-14(5-3-1)22-16-19-8-12(9-20-16)13-10-18-15-17-6-7-21(15)11-13/h1-11H. The smallest absolute Gasteiger partial charge is 0.321 e. The van der Waals surface area contributed by atoms with Gasteiger partial charge in [-0.15, -0.1) is 0 Å². The van der Waals surface area contributed by atoms with Gasteiger partial charge in [0, 0.05) is 48.3 Å². The van der Waals surface area contributed by atoms with Crippen LogP contribution < -0.4 is 4.74 Å². The van der Waals surface area contributed by atoms with E-state index in [-0.39, 0.29) is 0 Å². The monoisotopic (exact) mass is 289 g/mol. The topological polar surface area (TPSA) is 65.2 Å². The lowest BCUT2D eigenvalue weighted by atomic mass is 10.2. The van der Waals surface area contributed by atoms with Crippen molar-refractivity contribution in [2.75, 3.05) is 0 Å². The van der Waals surface area contributed by atoms with Crippen LogP contribution in [0.1, 0.15) is 0 Å². The lowest BCUT2D eigenvalue weighted by Gasteiger charge is -2.05. The van der Waals surface area contributed by atoms with Gasteiger partial charge in [0.15, 0.2) is 0 Å². The molecule has 0 amide bonds. The summed E-state index contributed by atoms with van der Waals surface area (Å²) in [5, 5.41) is 0. The van der Waals surface area contributed by atoms with Gasteiger partial charge in [0.25, 0.3) is 0 Å². The predicted octanol–water partition coefficient (Wildman–Crippen LogP) is 2.98. The first-order valence-electron chi connectivity index (χ1n) is 6.72. The van der Waals surface area contributed by atoms with Crippen molar-refractivity contribution in [3.8, 4) is 22.9 Å². The summed E-state index contributed by atoms with van der Waals surface area (Å²) in [6.45, 7) is 0. The van der Waals surface area contributed by atoms with Crippen LogP contribution in [0.5, 0.6) is 11.8 Å². The Kier molecular flexibility index (Phi) is 2.97. The normalized spacial score (nSPS) is 10.7. The second kappa shape index (κ2) is 5.25. The third kappa shape index (κ3) is 2.37. The van der Waals surface area contributed by atoms with Crippen LogP contribution in [0.15, 0.2) is 67.5 Å². The van der Waals surface area contributed by atoms with Crippen LogP contribution in [0.4, 0.5) is 0 Å². The van der Waals surface area contributed by atoms with E-state index in [1.54, 1.807) is 24.8 Å². The number of hydrogen-bond acceptors (Lipinski definition) is 5. The highest BCUT2D eigenvalue weighted by molar-refractivity contribution is 5.60. The molecule has 0 aliphatic rings. The average Bonchev–Trinajstić information content (AvgIpc) is 3.04. The summed E-state index contributed by atoms with van der Waals surface area (Å²) < 4.78 is 7.42. The van der Waals surface area contributed by atoms with E-state index in [0.29, 0.717) is 17.5 Å². The number of para-hydroxylation sites is 1. The molecule has 0 N–H and O–H groups in total. The maximum Gasteiger partial charge on any atom is 0.321 e. The first-order chi connectivity index (χ1) is 10.9. The SMILES string of the molecule is c1ccc(Oc2ncc(-c3cnc4nccn4c3)cn2)cc1. The third-order valence-electron chi connectivity index (χ3n) is 3.16. The first kappa shape index (κ1) is 12.5. The zero-order valence-electron chi connectivity index (χ0n) is 11.5. The molecule has 1 aromatic carbocycles. The Labute approximate surface area is 126 Å². The van der Waals surface area contributed by atoms with E-state index in [1.165, 1.54) is 0 Å². The number of benzene rings is 1. The van der Waals surface area contributed by atoms with Crippen molar-refractivity contribution in [1.29, 1.82) is 0 Å². The van der Waals surface area contributed by atoms with Gasteiger partial charge in [-0.05, 0) is 12.1 Å². The Morgan fingerprint density at radius 2 is 1.59 bits per heavy atom. The summed E-state index contributed by atoms with van der Waals surface area (Å²) in [7, 11) is 0. The van der Waals surface area contributed by atoms with E-state index < -0.39 is 0 Å². The van der Waals surface area contributed by atoms with Gasteiger partial charge in [-0.2, -0.15) is 0 Å². The number of imidazole rings is 1. The van der Waals surface area contributed by atoms with Crippen LogP contribution in [0.25, 0.3) is 16.9 Å². The molecule has 0 bridgehead atoms. The molecule has 22 heavy (non-hydrogen) atoms. The van der Waals surface area contributed by atoms with Crippen molar-refractivity contribution >= 4 is 5.78 Å². The number of nitrogens with zero attached hydrogens (tertiary/aromatic N) is 5. The predicted molar refractivity (Wildman–Crippen MR) is 80.5 cm³/mol. The minimum absolute atomic E-state index is 0.312. The van der Waals surface area contributed by atoms with E-state index >= 15 is 0 Å². The van der Waals surface area contributed by atoms with E-state index in [1.807, 2.05) is 47.1 Å². The Morgan fingerprint density at radius 1 is 0.818 bits per heavy atom. The van der Waals surface area contributed by atoms with Crippen LogP contribution >= 0.6 is 0 Å². The molecule has 3 aromatic heterocycles.